The molecule has 0 unspecified atom stereocenters. The molecule has 20 heavy (non-hydrogen) atoms. The summed E-state index contributed by atoms with van der Waals surface area (Å²) >= 11 is 0. The first-order chi connectivity index (χ1) is 9.38. The predicted molar refractivity (Wildman–Crippen MR) is 66.5 cm³/mol. The average Bonchev–Trinajstić information content (AvgIpc) is 2.38. The van der Waals surface area contributed by atoms with E-state index in [4.69, 9.17) is 14.9 Å². The summed E-state index contributed by atoms with van der Waals surface area (Å²) in [5.74, 6) is -2.56. The van der Waals surface area contributed by atoms with Gasteiger partial charge in [-0.15, -0.1) is 0 Å². The van der Waals surface area contributed by atoms with Gasteiger partial charge in [-0.05, 0) is 18.2 Å². The fourth-order valence-electron chi connectivity index (χ4n) is 1.33. The van der Waals surface area contributed by atoms with Crippen molar-refractivity contribution in [2.24, 2.45) is 0 Å². The Morgan fingerprint density at radius 2 is 2.05 bits per heavy atom. The third-order valence-electron chi connectivity index (χ3n) is 2.25. The Bertz CT molecular complexity index is 574. The van der Waals surface area contributed by atoms with E-state index in [-0.39, 0.29) is 31.3 Å². The molecular weight excluding hydrogens is 293 g/mol. The number of benzene rings is 1. The molecule has 0 saturated heterocycles. The van der Waals surface area contributed by atoms with Crippen LogP contribution in [0.25, 0.3) is 0 Å². The van der Waals surface area contributed by atoms with Crippen LogP contribution in [0.3, 0.4) is 0 Å². The van der Waals surface area contributed by atoms with Gasteiger partial charge in [-0.1, -0.05) is 0 Å². The van der Waals surface area contributed by atoms with Gasteiger partial charge in [0.2, 0.25) is 10.0 Å². The number of ether oxygens (including phenoxy) is 1. The second-order valence-electron chi connectivity index (χ2n) is 3.68. The zero-order valence-corrected chi connectivity index (χ0v) is 11.2. The Morgan fingerprint density at radius 1 is 1.35 bits per heavy atom. The number of hydrogen-bond acceptors (Lipinski definition) is 5. The van der Waals surface area contributed by atoms with Gasteiger partial charge in [0.25, 0.3) is 0 Å². The Kier molecular flexibility index (Phi) is 6.02. The van der Waals surface area contributed by atoms with E-state index in [1.165, 1.54) is 0 Å². The van der Waals surface area contributed by atoms with Gasteiger partial charge in [-0.25, -0.2) is 22.3 Å². The number of carbonyl (C=O) groups is 1. The van der Waals surface area contributed by atoms with Gasteiger partial charge in [0.15, 0.2) is 0 Å². The van der Waals surface area contributed by atoms with Gasteiger partial charge in [0, 0.05) is 6.54 Å². The van der Waals surface area contributed by atoms with Gasteiger partial charge in [-0.3, -0.25) is 0 Å². The molecule has 1 aromatic rings. The number of aliphatic hydroxyl groups excluding tert-OH is 1. The van der Waals surface area contributed by atoms with Crippen molar-refractivity contribution in [2.75, 3.05) is 26.4 Å². The van der Waals surface area contributed by atoms with E-state index in [9.17, 15) is 17.6 Å². The van der Waals surface area contributed by atoms with Crippen molar-refractivity contribution >= 4 is 16.0 Å². The molecule has 0 fully saturated rings. The van der Waals surface area contributed by atoms with Crippen LogP contribution in [0, 0.1) is 5.82 Å². The smallest absolute Gasteiger partial charge is 0.338 e. The molecule has 3 N–H and O–H groups in total. The Balaban J connectivity index is 2.77. The van der Waals surface area contributed by atoms with Crippen LogP contribution in [0.4, 0.5) is 4.39 Å². The van der Waals surface area contributed by atoms with Crippen molar-refractivity contribution in [3.63, 3.8) is 0 Å². The maximum absolute atomic E-state index is 13.2. The summed E-state index contributed by atoms with van der Waals surface area (Å²) in [6.07, 6.45) is 0. The quantitative estimate of drug-likeness (QED) is 0.574. The first kappa shape index (κ1) is 16.5. The van der Waals surface area contributed by atoms with E-state index in [0.717, 1.165) is 18.2 Å². The average molecular weight is 307 g/mol. The number of rotatable bonds is 8. The minimum absolute atomic E-state index is 0.0484. The lowest BCUT2D eigenvalue weighted by Gasteiger charge is -2.08. The highest BCUT2D eigenvalue weighted by Crippen LogP contribution is 2.15. The van der Waals surface area contributed by atoms with Crippen molar-refractivity contribution in [3.8, 4) is 0 Å². The number of nitrogens with one attached hydrogen (secondary N) is 1. The highest BCUT2D eigenvalue weighted by Gasteiger charge is 2.18. The zero-order chi connectivity index (χ0) is 15.2. The molecule has 0 amide bonds. The van der Waals surface area contributed by atoms with Gasteiger partial charge in [0.1, 0.15) is 5.82 Å². The monoisotopic (exact) mass is 307 g/mol. The van der Waals surface area contributed by atoms with E-state index in [0.29, 0.717) is 0 Å². The van der Waals surface area contributed by atoms with Crippen molar-refractivity contribution in [1.82, 2.24) is 4.72 Å². The van der Waals surface area contributed by atoms with E-state index in [2.05, 4.69) is 4.72 Å². The van der Waals surface area contributed by atoms with Gasteiger partial charge in [0.05, 0.1) is 30.3 Å². The van der Waals surface area contributed by atoms with Gasteiger partial charge in [-0.2, -0.15) is 0 Å². The number of aromatic carboxylic acids is 1. The predicted octanol–water partition coefficient (Wildman–Crippen LogP) is -0.189. The number of aliphatic hydroxyl groups is 1. The number of carboxylic acid groups (broad SMARTS) is 1. The Labute approximate surface area is 115 Å². The molecule has 0 saturated carbocycles. The molecule has 0 aliphatic rings. The zero-order valence-electron chi connectivity index (χ0n) is 10.4. The lowest BCUT2D eigenvalue weighted by atomic mass is 10.2. The summed E-state index contributed by atoms with van der Waals surface area (Å²) in [5.41, 5.74) is -0.718. The van der Waals surface area contributed by atoms with Crippen molar-refractivity contribution in [3.05, 3.63) is 29.6 Å². The number of carboxylic acids is 1. The molecule has 112 valence electrons. The van der Waals surface area contributed by atoms with Gasteiger partial charge >= 0.3 is 5.97 Å². The molecule has 9 heteroatoms. The Hall–Kier alpha value is -1.55. The van der Waals surface area contributed by atoms with Gasteiger partial charge < -0.3 is 14.9 Å². The molecule has 0 heterocycles. The number of sulfonamides is 1. The molecule has 0 aromatic heterocycles. The molecule has 0 aliphatic carbocycles. The minimum atomic E-state index is -3.94. The summed E-state index contributed by atoms with van der Waals surface area (Å²) < 4.78 is 43.8. The van der Waals surface area contributed by atoms with Crippen LogP contribution >= 0.6 is 0 Å². The fraction of sp³-hybridized carbons (Fsp3) is 0.364. The maximum atomic E-state index is 13.2. The minimum Gasteiger partial charge on any atom is -0.478 e. The summed E-state index contributed by atoms with van der Waals surface area (Å²) in [5, 5.41) is 17.2. The van der Waals surface area contributed by atoms with Crippen molar-refractivity contribution in [2.45, 2.75) is 4.90 Å². The van der Waals surface area contributed by atoms with Crippen LogP contribution in [0.1, 0.15) is 10.4 Å². The van der Waals surface area contributed by atoms with Crippen molar-refractivity contribution in [1.29, 1.82) is 0 Å². The number of hydrogen-bond donors (Lipinski definition) is 3. The highest BCUT2D eigenvalue weighted by atomic mass is 32.2. The van der Waals surface area contributed by atoms with Crippen LogP contribution in [0.5, 0.6) is 0 Å². The second-order valence-corrected chi connectivity index (χ2v) is 5.45. The van der Waals surface area contributed by atoms with Crippen molar-refractivity contribution < 1.29 is 32.6 Å². The molecule has 0 spiro atoms. The van der Waals surface area contributed by atoms with Crippen LogP contribution in [0.15, 0.2) is 23.1 Å². The Morgan fingerprint density at radius 3 is 2.65 bits per heavy atom. The summed E-state index contributed by atoms with van der Waals surface area (Å²) in [7, 11) is -3.94. The SMILES string of the molecule is O=C(O)c1cc(S(=O)(=O)NCCOCCO)ccc1F. The van der Waals surface area contributed by atoms with E-state index >= 15 is 0 Å². The molecule has 0 atom stereocenters. The molecule has 7 nitrogen and oxygen atoms in total. The molecular formula is C11H14FNO6S. The standard InChI is InChI=1S/C11H14FNO6S/c12-10-2-1-8(7-9(10)11(15)16)20(17,18)13-3-5-19-6-4-14/h1-2,7,13-14H,3-6H2,(H,15,16). The largest absolute Gasteiger partial charge is 0.478 e. The summed E-state index contributed by atoms with van der Waals surface area (Å²) in [4.78, 5) is 10.4. The van der Waals surface area contributed by atoms with Crippen LogP contribution in [-0.4, -0.2) is 51.0 Å². The first-order valence-corrected chi connectivity index (χ1v) is 7.08. The molecule has 0 aliphatic heterocycles. The second kappa shape index (κ2) is 7.29. The normalized spacial score (nSPS) is 11.5. The molecule has 1 rings (SSSR count). The topological polar surface area (TPSA) is 113 Å². The van der Waals surface area contributed by atoms with Crippen LogP contribution in [-0.2, 0) is 14.8 Å². The summed E-state index contributed by atoms with van der Waals surface area (Å²) in [6.45, 7) is -0.0942. The molecule has 0 bridgehead atoms. The highest BCUT2D eigenvalue weighted by molar-refractivity contribution is 7.89. The van der Waals surface area contributed by atoms with Crippen LogP contribution < -0.4 is 4.72 Å². The first-order valence-electron chi connectivity index (χ1n) is 5.59. The summed E-state index contributed by atoms with van der Waals surface area (Å²) in [6, 6.07) is 2.49. The third-order valence-corrected chi connectivity index (χ3v) is 3.71. The molecule has 0 radical (unpaired) electrons. The van der Waals surface area contributed by atoms with Crippen LogP contribution in [0.2, 0.25) is 0 Å². The van der Waals surface area contributed by atoms with E-state index in [1.54, 1.807) is 0 Å². The maximum Gasteiger partial charge on any atom is 0.338 e. The van der Waals surface area contributed by atoms with E-state index < -0.39 is 27.4 Å². The fourth-order valence-corrected chi connectivity index (χ4v) is 2.37. The lowest BCUT2D eigenvalue weighted by molar-refractivity contribution is 0.0691. The number of halogens is 1. The van der Waals surface area contributed by atoms with E-state index in [1.807, 2.05) is 0 Å². The third kappa shape index (κ3) is 4.53. The molecule has 1 aromatic carbocycles. The lowest BCUT2D eigenvalue weighted by Crippen LogP contribution is -2.28.